The molecule has 0 amide bonds. The Morgan fingerprint density at radius 3 is 2.78 bits per heavy atom. The molecule has 0 aromatic rings. The van der Waals surface area contributed by atoms with E-state index in [9.17, 15) is 18.0 Å². The molecule has 1 aliphatic rings. The van der Waals surface area contributed by atoms with Gasteiger partial charge in [0.05, 0.1) is 12.5 Å². The number of alkyl halides is 3. The van der Waals surface area contributed by atoms with Gasteiger partial charge in [0.25, 0.3) is 0 Å². The molecule has 104 valence electrons. The Morgan fingerprint density at radius 2 is 2.22 bits per heavy atom. The smallest absolute Gasteiger partial charge is 0.391 e. The standard InChI is InChI=1S/C11H15F3O2S2/c1-2-16-10(17)18-6-7-5-8(11(12,13)14)3-4-9(7)15/h7-8H,2-6H2,1H3. The average Bonchev–Trinajstić information content (AvgIpc) is 2.26. The van der Waals surface area contributed by atoms with Crippen LogP contribution in [0.1, 0.15) is 26.2 Å². The highest BCUT2D eigenvalue weighted by Crippen LogP contribution is 2.39. The number of halogens is 3. The number of rotatable bonds is 3. The van der Waals surface area contributed by atoms with E-state index < -0.39 is 18.0 Å². The molecular formula is C11H15F3O2S2. The lowest BCUT2D eigenvalue weighted by molar-refractivity contribution is -0.185. The van der Waals surface area contributed by atoms with E-state index >= 15 is 0 Å². The summed E-state index contributed by atoms with van der Waals surface area (Å²) in [6, 6.07) is 0. The van der Waals surface area contributed by atoms with Crippen molar-refractivity contribution in [3.63, 3.8) is 0 Å². The molecule has 0 radical (unpaired) electrons. The second kappa shape index (κ2) is 6.75. The van der Waals surface area contributed by atoms with Crippen molar-refractivity contribution in [3.8, 4) is 0 Å². The Kier molecular flexibility index (Phi) is 5.91. The van der Waals surface area contributed by atoms with Crippen molar-refractivity contribution in [3.05, 3.63) is 0 Å². The molecule has 0 bridgehead atoms. The molecule has 2 nitrogen and oxygen atoms in total. The van der Waals surface area contributed by atoms with Gasteiger partial charge in [0.15, 0.2) is 0 Å². The number of ketones is 1. The van der Waals surface area contributed by atoms with E-state index in [0.717, 1.165) is 11.8 Å². The Balaban J connectivity index is 2.48. The highest BCUT2D eigenvalue weighted by atomic mass is 32.2. The molecule has 0 aromatic heterocycles. The van der Waals surface area contributed by atoms with E-state index in [2.05, 4.69) is 0 Å². The molecule has 0 spiro atoms. The molecular weight excluding hydrogens is 285 g/mol. The van der Waals surface area contributed by atoms with Crippen molar-refractivity contribution in [2.75, 3.05) is 12.4 Å². The minimum Gasteiger partial charge on any atom is -0.479 e. The molecule has 1 saturated carbocycles. The zero-order valence-corrected chi connectivity index (χ0v) is 11.6. The van der Waals surface area contributed by atoms with Crippen molar-refractivity contribution >= 4 is 34.1 Å². The fourth-order valence-electron chi connectivity index (χ4n) is 1.90. The molecule has 0 aliphatic heterocycles. The van der Waals surface area contributed by atoms with Crippen molar-refractivity contribution in [2.45, 2.75) is 32.4 Å². The highest BCUT2D eigenvalue weighted by Gasteiger charge is 2.44. The minimum atomic E-state index is -4.20. The highest BCUT2D eigenvalue weighted by molar-refractivity contribution is 8.22. The first-order chi connectivity index (χ1) is 8.34. The SMILES string of the molecule is CCOC(=S)SCC1CC(C(F)(F)F)CCC1=O. The van der Waals surface area contributed by atoms with Crippen LogP contribution in [0.15, 0.2) is 0 Å². The van der Waals surface area contributed by atoms with Gasteiger partial charge in [-0.15, -0.1) is 0 Å². The molecule has 7 heteroatoms. The second-order valence-electron chi connectivity index (χ2n) is 4.17. The van der Waals surface area contributed by atoms with Gasteiger partial charge in [-0.2, -0.15) is 13.2 Å². The van der Waals surface area contributed by atoms with Crippen molar-refractivity contribution < 1.29 is 22.7 Å². The lowest BCUT2D eigenvalue weighted by Gasteiger charge is -2.29. The van der Waals surface area contributed by atoms with Crippen LogP contribution >= 0.6 is 24.0 Å². The summed E-state index contributed by atoms with van der Waals surface area (Å²) in [7, 11) is 0. The molecule has 18 heavy (non-hydrogen) atoms. The van der Waals surface area contributed by atoms with E-state index in [1.807, 2.05) is 0 Å². The van der Waals surface area contributed by atoms with E-state index in [1.165, 1.54) is 0 Å². The average molecular weight is 300 g/mol. The topological polar surface area (TPSA) is 26.3 Å². The van der Waals surface area contributed by atoms with Gasteiger partial charge in [-0.1, -0.05) is 11.8 Å². The van der Waals surface area contributed by atoms with Crippen LogP contribution in [0.5, 0.6) is 0 Å². The van der Waals surface area contributed by atoms with Crippen LogP contribution in [0.3, 0.4) is 0 Å². The lowest BCUT2D eigenvalue weighted by atomic mass is 9.81. The van der Waals surface area contributed by atoms with Crippen LogP contribution in [0.25, 0.3) is 0 Å². The lowest BCUT2D eigenvalue weighted by Crippen LogP contribution is -2.34. The predicted octanol–water partition coefficient (Wildman–Crippen LogP) is 3.59. The third-order valence-corrected chi connectivity index (χ3v) is 4.29. The molecule has 1 aliphatic carbocycles. The Labute approximate surface area is 114 Å². The van der Waals surface area contributed by atoms with Gasteiger partial charge in [0.1, 0.15) is 5.78 Å². The van der Waals surface area contributed by atoms with Crippen molar-refractivity contribution in [1.29, 1.82) is 0 Å². The Bertz CT molecular complexity index is 318. The zero-order valence-electron chi connectivity index (χ0n) is 9.96. The number of hydrogen-bond donors (Lipinski definition) is 0. The van der Waals surface area contributed by atoms with Gasteiger partial charge in [-0.3, -0.25) is 4.79 Å². The predicted molar refractivity (Wildman–Crippen MR) is 68.6 cm³/mol. The van der Waals surface area contributed by atoms with Crippen molar-refractivity contribution in [2.24, 2.45) is 11.8 Å². The summed E-state index contributed by atoms with van der Waals surface area (Å²) in [5, 5.41) is 0. The molecule has 2 atom stereocenters. The quantitative estimate of drug-likeness (QED) is 0.744. The van der Waals surface area contributed by atoms with Gasteiger partial charge in [-0.05, 0) is 32.0 Å². The van der Waals surface area contributed by atoms with Gasteiger partial charge in [0.2, 0.25) is 4.38 Å². The largest absolute Gasteiger partial charge is 0.479 e. The van der Waals surface area contributed by atoms with Crippen LogP contribution in [-0.2, 0) is 9.53 Å². The van der Waals surface area contributed by atoms with Crippen molar-refractivity contribution in [1.82, 2.24) is 0 Å². The molecule has 1 rings (SSSR count). The first kappa shape index (κ1) is 15.8. The number of hydrogen-bond acceptors (Lipinski definition) is 4. The molecule has 1 fully saturated rings. The summed E-state index contributed by atoms with van der Waals surface area (Å²) in [4.78, 5) is 11.6. The number of thioether (sulfide) groups is 1. The molecule has 0 saturated heterocycles. The maximum atomic E-state index is 12.6. The maximum absolute atomic E-state index is 12.6. The normalized spacial score (nSPS) is 25.0. The number of ether oxygens (including phenoxy) is 1. The third-order valence-electron chi connectivity index (χ3n) is 2.89. The fourth-order valence-corrected chi connectivity index (χ4v) is 3.08. The second-order valence-corrected chi connectivity index (χ2v) is 5.79. The van der Waals surface area contributed by atoms with Crippen LogP contribution < -0.4 is 0 Å². The Hall–Kier alpha value is -0.300. The summed E-state index contributed by atoms with van der Waals surface area (Å²) >= 11 is 6.02. The summed E-state index contributed by atoms with van der Waals surface area (Å²) in [5.74, 6) is -1.73. The first-order valence-corrected chi connectivity index (χ1v) is 7.13. The van der Waals surface area contributed by atoms with E-state index in [-0.39, 0.29) is 30.8 Å². The monoisotopic (exact) mass is 300 g/mol. The fraction of sp³-hybridized carbons (Fsp3) is 0.818. The van der Waals surface area contributed by atoms with Gasteiger partial charge < -0.3 is 4.74 Å². The van der Waals surface area contributed by atoms with Crippen LogP contribution in [-0.4, -0.2) is 28.7 Å². The molecule has 2 unspecified atom stereocenters. The van der Waals surface area contributed by atoms with Crippen LogP contribution in [0.2, 0.25) is 0 Å². The minimum absolute atomic E-state index is 0.0107. The number of Topliss-reactive ketones (excluding diaryl/α,β-unsaturated/α-hetero) is 1. The maximum Gasteiger partial charge on any atom is 0.391 e. The zero-order chi connectivity index (χ0) is 13.8. The molecule has 0 aromatic carbocycles. The van der Waals surface area contributed by atoms with E-state index in [4.69, 9.17) is 17.0 Å². The van der Waals surface area contributed by atoms with Crippen LogP contribution in [0.4, 0.5) is 13.2 Å². The molecule has 0 N–H and O–H groups in total. The summed E-state index contributed by atoms with van der Waals surface area (Å²) in [6.07, 6.45) is -4.40. The summed E-state index contributed by atoms with van der Waals surface area (Å²) in [5.41, 5.74) is 0. The number of carbonyl (C=O) groups is 1. The number of carbonyl (C=O) groups excluding carboxylic acids is 1. The first-order valence-electron chi connectivity index (χ1n) is 5.73. The summed E-state index contributed by atoms with van der Waals surface area (Å²) in [6.45, 7) is 2.20. The van der Waals surface area contributed by atoms with Gasteiger partial charge >= 0.3 is 6.18 Å². The summed E-state index contributed by atoms with van der Waals surface area (Å²) < 4.78 is 43.1. The third kappa shape index (κ3) is 4.76. The van der Waals surface area contributed by atoms with E-state index in [1.54, 1.807) is 6.92 Å². The van der Waals surface area contributed by atoms with Gasteiger partial charge in [0, 0.05) is 18.1 Å². The number of thiocarbonyl (C=S) groups is 1. The Morgan fingerprint density at radius 1 is 1.56 bits per heavy atom. The molecule has 0 heterocycles. The van der Waals surface area contributed by atoms with Crippen LogP contribution in [0, 0.1) is 11.8 Å². The van der Waals surface area contributed by atoms with Gasteiger partial charge in [-0.25, -0.2) is 0 Å². The van der Waals surface area contributed by atoms with E-state index in [0.29, 0.717) is 11.0 Å².